The largest absolute Gasteiger partial charge is 0.492 e. The number of nitrogens with zero attached hydrogens (tertiary/aromatic N) is 2. The van der Waals surface area contributed by atoms with Crippen LogP contribution in [-0.2, 0) is 4.79 Å². The first-order valence-electron chi connectivity index (χ1n) is 9.19. The second-order valence-corrected chi connectivity index (χ2v) is 6.64. The highest BCUT2D eigenvalue weighted by molar-refractivity contribution is 5.92. The van der Waals surface area contributed by atoms with E-state index in [-0.39, 0.29) is 5.91 Å². The van der Waals surface area contributed by atoms with Crippen molar-refractivity contribution >= 4 is 11.6 Å². The fraction of sp³-hybridized carbons (Fsp3) is 0.381. The molecule has 26 heavy (non-hydrogen) atoms. The Morgan fingerprint density at radius 2 is 1.62 bits per heavy atom. The summed E-state index contributed by atoms with van der Waals surface area (Å²) >= 11 is 0. The molecule has 0 spiro atoms. The fourth-order valence-corrected chi connectivity index (χ4v) is 3.09. The number of carbonyl (C=O) groups excluding carboxylic acids is 1. The van der Waals surface area contributed by atoms with Crippen molar-refractivity contribution in [3.63, 3.8) is 0 Å². The lowest BCUT2D eigenvalue weighted by atomic mass is 10.2. The third-order valence-electron chi connectivity index (χ3n) is 4.67. The Balaban J connectivity index is 1.34. The summed E-state index contributed by atoms with van der Waals surface area (Å²) in [7, 11) is 0. The van der Waals surface area contributed by atoms with Crippen LogP contribution in [0.4, 0.5) is 5.69 Å². The van der Waals surface area contributed by atoms with Crippen LogP contribution in [0.2, 0.25) is 0 Å². The van der Waals surface area contributed by atoms with Gasteiger partial charge in [-0.05, 0) is 30.7 Å². The van der Waals surface area contributed by atoms with E-state index in [1.54, 1.807) is 0 Å². The van der Waals surface area contributed by atoms with Gasteiger partial charge in [-0.25, -0.2) is 0 Å². The number of ether oxygens (including phenoxy) is 1. The Bertz CT molecular complexity index is 697. The molecule has 0 bridgehead atoms. The molecule has 5 nitrogen and oxygen atoms in total. The minimum atomic E-state index is 0.0557. The highest BCUT2D eigenvalue weighted by Crippen LogP contribution is 2.13. The van der Waals surface area contributed by atoms with Gasteiger partial charge in [0.25, 0.3) is 0 Å². The zero-order valence-corrected chi connectivity index (χ0v) is 15.4. The predicted molar refractivity (Wildman–Crippen MR) is 105 cm³/mol. The molecule has 3 rings (SSSR count). The first kappa shape index (κ1) is 18.4. The Hall–Kier alpha value is -2.37. The SMILES string of the molecule is Cc1ccccc1NC(=O)CN1CCN(CCOc2ccccc2)CC1. The van der Waals surface area contributed by atoms with E-state index in [4.69, 9.17) is 4.74 Å². The zero-order valence-electron chi connectivity index (χ0n) is 15.4. The van der Waals surface area contributed by atoms with Crippen molar-refractivity contribution in [2.75, 3.05) is 51.2 Å². The standard InChI is InChI=1S/C21H27N3O2/c1-18-7-5-6-10-20(18)22-21(25)17-24-13-11-23(12-14-24)15-16-26-19-8-3-2-4-9-19/h2-10H,11-17H2,1H3,(H,22,25). The molecule has 0 aliphatic carbocycles. The van der Waals surface area contributed by atoms with Gasteiger partial charge in [-0.15, -0.1) is 0 Å². The number of anilines is 1. The molecule has 2 aromatic carbocycles. The quantitative estimate of drug-likeness (QED) is 0.831. The molecule has 1 heterocycles. The Morgan fingerprint density at radius 3 is 2.35 bits per heavy atom. The molecule has 2 aromatic rings. The normalized spacial score (nSPS) is 15.6. The van der Waals surface area contributed by atoms with E-state index < -0.39 is 0 Å². The number of piperazine rings is 1. The van der Waals surface area contributed by atoms with Gasteiger partial charge in [0.2, 0.25) is 5.91 Å². The van der Waals surface area contributed by atoms with Gasteiger partial charge in [0.05, 0.1) is 6.54 Å². The van der Waals surface area contributed by atoms with Crippen LogP contribution in [0, 0.1) is 6.92 Å². The lowest BCUT2D eigenvalue weighted by molar-refractivity contribution is -0.117. The summed E-state index contributed by atoms with van der Waals surface area (Å²) in [6.45, 7) is 7.81. The van der Waals surface area contributed by atoms with Crippen LogP contribution >= 0.6 is 0 Å². The van der Waals surface area contributed by atoms with Crippen molar-refractivity contribution < 1.29 is 9.53 Å². The lowest BCUT2D eigenvalue weighted by Gasteiger charge is -2.34. The maximum Gasteiger partial charge on any atom is 0.238 e. The second kappa shape index (κ2) is 9.36. The fourth-order valence-electron chi connectivity index (χ4n) is 3.09. The number of aryl methyl sites for hydroxylation is 1. The molecule has 1 aliphatic heterocycles. The van der Waals surface area contributed by atoms with Gasteiger partial charge in [-0.2, -0.15) is 0 Å². The van der Waals surface area contributed by atoms with Crippen LogP contribution in [0.3, 0.4) is 0 Å². The highest BCUT2D eigenvalue weighted by Gasteiger charge is 2.19. The number of hydrogen-bond donors (Lipinski definition) is 1. The molecule has 138 valence electrons. The minimum absolute atomic E-state index is 0.0557. The number of para-hydroxylation sites is 2. The van der Waals surface area contributed by atoms with E-state index in [9.17, 15) is 4.79 Å². The van der Waals surface area contributed by atoms with E-state index >= 15 is 0 Å². The van der Waals surface area contributed by atoms with Crippen LogP contribution in [-0.4, -0.2) is 61.6 Å². The summed E-state index contributed by atoms with van der Waals surface area (Å²) in [5, 5.41) is 3.01. The lowest BCUT2D eigenvalue weighted by Crippen LogP contribution is -2.49. The average Bonchev–Trinajstić information content (AvgIpc) is 2.66. The van der Waals surface area contributed by atoms with Crippen molar-refractivity contribution in [3.8, 4) is 5.75 Å². The molecule has 5 heteroatoms. The predicted octanol–water partition coefficient (Wildman–Crippen LogP) is 2.63. The molecule has 0 aromatic heterocycles. The van der Waals surface area contributed by atoms with Crippen LogP contribution in [0.5, 0.6) is 5.75 Å². The smallest absolute Gasteiger partial charge is 0.238 e. The topological polar surface area (TPSA) is 44.8 Å². The number of hydrogen-bond acceptors (Lipinski definition) is 4. The molecule has 1 fully saturated rings. The average molecular weight is 353 g/mol. The van der Waals surface area contributed by atoms with Crippen LogP contribution in [0.25, 0.3) is 0 Å². The first-order valence-corrected chi connectivity index (χ1v) is 9.19. The molecule has 0 unspecified atom stereocenters. The Morgan fingerprint density at radius 1 is 0.962 bits per heavy atom. The van der Waals surface area contributed by atoms with Gasteiger partial charge in [0.15, 0.2) is 0 Å². The minimum Gasteiger partial charge on any atom is -0.492 e. The van der Waals surface area contributed by atoms with Crippen LogP contribution < -0.4 is 10.1 Å². The summed E-state index contributed by atoms with van der Waals surface area (Å²) in [6, 6.07) is 17.8. The summed E-state index contributed by atoms with van der Waals surface area (Å²) in [4.78, 5) is 16.9. The van der Waals surface area contributed by atoms with E-state index in [2.05, 4.69) is 15.1 Å². The molecule has 1 amide bonds. The number of carbonyl (C=O) groups is 1. The van der Waals surface area contributed by atoms with Gasteiger partial charge >= 0.3 is 0 Å². The number of nitrogens with one attached hydrogen (secondary N) is 1. The van der Waals surface area contributed by atoms with Crippen LogP contribution in [0.15, 0.2) is 54.6 Å². The summed E-state index contributed by atoms with van der Waals surface area (Å²) in [5.74, 6) is 0.971. The van der Waals surface area contributed by atoms with Crippen molar-refractivity contribution in [1.29, 1.82) is 0 Å². The van der Waals surface area contributed by atoms with Gasteiger partial charge in [-0.1, -0.05) is 36.4 Å². The van der Waals surface area contributed by atoms with E-state index in [0.29, 0.717) is 13.2 Å². The van der Waals surface area contributed by atoms with E-state index in [1.807, 2.05) is 61.5 Å². The summed E-state index contributed by atoms with van der Waals surface area (Å²) in [6.07, 6.45) is 0. The number of benzene rings is 2. The monoisotopic (exact) mass is 353 g/mol. The molecule has 0 atom stereocenters. The van der Waals surface area contributed by atoms with E-state index in [0.717, 1.165) is 49.7 Å². The first-order chi connectivity index (χ1) is 12.7. The van der Waals surface area contributed by atoms with Crippen molar-refractivity contribution in [3.05, 3.63) is 60.2 Å². The number of rotatable bonds is 7. The molecule has 0 radical (unpaired) electrons. The number of amides is 1. The molecule has 1 N–H and O–H groups in total. The second-order valence-electron chi connectivity index (χ2n) is 6.64. The maximum atomic E-state index is 12.3. The third-order valence-corrected chi connectivity index (χ3v) is 4.67. The van der Waals surface area contributed by atoms with Gasteiger partial charge in [-0.3, -0.25) is 14.6 Å². The molecular weight excluding hydrogens is 326 g/mol. The molecule has 1 aliphatic rings. The summed E-state index contributed by atoms with van der Waals surface area (Å²) < 4.78 is 5.76. The van der Waals surface area contributed by atoms with Gasteiger partial charge in [0.1, 0.15) is 12.4 Å². The van der Waals surface area contributed by atoms with Gasteiger partial charge < -0.3 is 10.1 Å². The maximum absolute atomic E-state index is 12.3. The Kier molecular flexibility index (Phi) is 6.63. The van der Waals surface area contributed by atoms with Crippen LogP contribution in [0.1, 0.15) is 5.56 Å². The molecule has 0 saturated carbocycles. The zero-order chi connectivity index (χ0) is 18.2. The van der Waals surface area contributed by atoms with Crippen molar-refractivity contribution in [1.82, 2.24) is 9.80 Å². The summed E-state index contributed by atoms with van der Waals surface area (Å²) in [5.41, 5.74) is 1.98. The van der Waals surface area contributed by atoms with E-state index in [1.165, 1.54) is 0 Å². The molecular formula is C21H27N3O2. The van der Waals surface area contributed by atoms with Crippen molar-refractivity contribution in [2.24, 2.45) is 0 Å². The Labute approximate surface area is 155 Å². The van der Waals surface area contributed by atoms with Crippen molar-refractivity contribution in [2.45, 2.75) is 6.92 Å². The van der Waals surface area contributed by atoms with Gasteiger partial charge in [0, 0.05) is 38.4 Å². The highest BCUT2D eigenvalue weighted by atomic mass is 16.5. The molecule has 1 saturated heterocycles. The third kappa shape index (κ3) is 5.58.